The van der Waals surface area contributed by atoms with Gasteiger partial charge in [0.1, 0.15) is 5.82 Å². The molecule has 0 spiro atoms. The average molecular weight is 236 g/mol. The Bertz CT molecular complexity index is 358. The minimum atomic E-state index is -4.69. The molecule has 0 amide bonds. The third kappa shape index (κ3) is 2.70. The zero-order valence-corrected chi connectivity index (χ0v) is 8.61. The highest BCUT2D eigenvalue weighted by Gasteiger charge is 2.34. The molecule has 1 aromatic carbocycles. The topological polar surface area (TPSA) is 38.0 Å². The van der Waals surface area contributed by atoms with Crippen LogP contribution in [0.1, 0.15) is 30.5 Å². The number of hydrogen-bond acceptors (Lipinski definition) is 2. The maximum atomic E-state index is 13.0. The molecule has 0 saturated carbocycles. The Morgan fingerprint density at radius 3 is 2.44 bits per heavy atom. The molecule has 0 fully saturated rings. The third-order valence-electron chi connectivity index (χ3n) is 2.31. The second kappa shape index (κ2) is 4.80. The van der Waals surface area contributed by atoms with Gasteiger partial charge in [0.15, 0.2) is 0 Å². The first-order chi connectivity index (χ1) is 7.40. The molecule has 3 N–H and O–H groups in total. The monoisotopic (exact) mass is 236 g/mol. The Labute approximate surface area is 90.4 Å². The standard InChI is InChI=1S/C10H12F4N2/c1-2-9(16-15)6-3-4-8(11)7(5-6)10(12,13)14/h3-5,9,16H,2,15H2,1H3/t9-/m0/s1. The summed E-state index contributed by atoms with van der Waals surface area (Å²) < 4.78 is 50.2. The summed E-state index contributed by atoms with van der Waals surface area (Å²) in [5.41, 5.74) is 1.43. The van der Waals surface area contributed by atoms with Crippen molar-refractivity contribution in [2.45, 2.75) is 25.6 Å². The molecular weight excluding hydrogens is 224 g/mol. The minimum absolute atomic E-state index is 0.318. The van der Waals surface area contributed by atoms with Crippen LogP contribution < -0.4 is 11.3 Å². The number of halogens is 4. The van der Waals surface area contributed by atoms with E-state index < -0.39 is 23.6 Å². The quantitative estimate of drug-likeness (QED) is 0.481. The molecule has 16 heavy (non-hydrogen) atoms. The van der Waals surface area contributed by atoms with Gasteiger partial charge in [-0.2, -0.15) is 13.2 Å². The lowest BCUT2D eigenvalue weighted by atomic mass is 10.0. The number of nitrogens with one attached hydrogen (secondary N) is 1. The predicted molar refractivity (Wildman–Crippen MR) is 51.8 cm³/mol. The SMILES string of the molecule is CC[C@H](NN)c1ccc(F)c(C(F)(F)F)c1. The van der Waals surface area contributed by atoms with Crippen LogP contribution in [-0.4, -0.2) is 0 Å². The van der Waals surface area contributed by atoms with E-state index in [1.165, 1.54) is 6.07 Å². The van der Waals surface area contributed by atoms with Gasteiger partial charge in [-0.15, -0.1) is 0 Å². The van der Waals surface area contributed by atoms with E-state index in [2.05, 4.69) is 5.43 Å². The molecule has 0 bridgehead atoms. The van der Waals surface area contributed by atoms with E-state index in [9.17, 15) is 17.6 Å². The lowest BCUT2D eigenvalue weighted by molar-refractivity contribution is -0.140. The molecule has 1 aromatic rings. The smallest absolute Gasteiger partial charge is 0.271 e. The Hall–Kier alpha value is -1.14. The van der Waals surface area contributed by atoms with E-state index in [-0.39, 0.29) is 0 Å². The highest BCUT2D eigenvalue weighted by atomic mass is 19.4. The highest BCUT2D eigenvalue weighted by Crippen LogP contribution is 2.33. The molecule has 0 aliphatic rings. The summed E-state index contributed by atoms with van der Waals surface area (Å²) >= 11 is 0. The molecule has 0 saturated heterocycles. The van der Waals surface area contributed by atoms with E-state index in [0.29, 0.717) is 12.0 Å². The Morgan fingerprint density at radius 1 is 1.38 bits per heavy atom. The summed E-state index contributed by atoms with van der Waals surface area (Å²) in [4.78, 5) is 0. The number of alkyl halides is 3. The molecule has 0 aromatic heterocycles. The van der Waals surface area contributed by atoms with E-state index in [4.69, 9.17) is 5.84 Å². The van der Waals surface area contributed by atoms with Crippen molar-refractivity contribution in [2.75, 3.05) is 0 Å². The molecule has 0 heterocycles. The van der Waals surface area contributed by atoms with E-state index in [1.807, 2.05) is 0 Å². The summed E-state index contributed by atoms with van der Waals surface area (Å²) in [7, 11) is 0. The van der Waals surface area contributed by atoms with Crippen LogP contribution in [0.15, 0.2) is 18.2 Å². The van der Waals surface area contributed by atoms with Crippen LogP contribution in [0.3, 0.4) is 0 Å². The van der Waals surface area contributed by atoms with E-state index in [0.717, 1.165) is 12.1 Å². The summed E-state index contributed by atoms with van der Waals surface area (Å²) in [5.74, 6) is 3.91. The van der Waals surface area contributed by atoms with E-state index in [1.54, 1.807) is 6.92 Å². The van der Waals surface area contributed by atoms with Gasteiger partial charge in [-0.05, 0) is 24.1 Å². The van der Waals surface area contributed by atoms with Gasteiger partial charge in [-0.3, -0.25) is 11.3 Å². The van der Waals surface area contributed by atoms with Gasteiger partial charge in [0.25, 0.3) is 0 Å². The Morgan fingerprint density at radius 2 is 2.00 bits per heavy atom. The van der Waals surface area contributed by atoms with Crippen molar-refractivity contribution in [1.82, 2.24) is 5.43 Å². The fourth-order valence-corrected chi connectivity index (χ4v) is 1.43. The van der Waals surface area contributed by atoms with Gasteiger partial charge in [0.05, 0.1) is 5.56 Å². The first-order valence-electron chi connectivity index (χ1n) is 4.73. The lowest BCUT2D eigenvalue weighted by Gasteiger charge is -2.16. The van der Waals surface area contributed by atoms with Crippen molar-refractivity contribution < 1.29 is 17.6 Å². The van der Waals surface area contributed by atoms with Gasteiger partial charge in [0.2, 0.25) is 0 Å². The number of hydrazine groups is 1. The van der Waals surface area contributed by atoms with Gasteiger partial charge >= 0.3 is 6.18 Å². The Balaban J connectivity index is 3.17. The molecule has 0 radical (unpaired) electrons. The molecular formula is C10H12F4N2. The van der Waals surface area contributed by atoms with Crippen molar-refractivity contribution in [3.8, 4) is 0 Å². The van der Waals surface area contributed by atoms with Crippen molar-refractivity contribution in [1.29, 1.82) is 0 Å². The van der Waals surface area contributed by atoms with Crippen LogP contribution >= 0.6 is 0 Å². The van der Waals surface area contributed by atoms with Gasteiger partial charge < -0.3 is 0 Å². The lowest BCUT2D eigenvalue weighted by Crippen LogP contribution is -2.27. The van der Waals surface area contributed by atoms with Gasteiger partial charge in [-0.25, -0.2) is 4.39 Å². The summed E-state index contributed by atoms with van der Waals surface area (Å²) in [6.07, 6.45) is -4.17. The van der Waals surface area contributed by atoms with Crippen LogP contribution in [-0.2, 0) is 6.18 Å². The number of rotatable bonds is 3. The number of hydrogen-bond donors (Lipinski definition) is 2. The van der Waals surface area contributed by atoms with Crippen molar-refractivity contribution in [3.63, 3.8) is 0 Å². The largest absolute Gasteiger partial charge is 0.419 e. The van der Waals surface area contributed by atoms with Crippen LogP contribution in [0.4, 0.5) is 17.6 Å². The molecule has 0 aliphatic heterocycles. The molecule has 1 rings (SSSR count). The Kier molecular flexibility index (Phi) is 3.88. The van der Waals surface area contributed by atoms with Crippen molar-refractivity contribution in [2.24, 2.45) is 5.84 Å². The summed E-state index contributed by atoms with van der Waals surface area (Å²) in [6.45, 7) is 1.77. The van der Waals surface area contributed by atoms with Crippen molar-refractivity contribution in [3.05, 3.63) is 35.1 Å². The normalized spacial score (nSPS) is 13.9. The molecule has 0 aliphatic carbocycles. The molecule has 6 heteroatoms. The highest BCUT2D eigenvalue weighted by molar-refractivity contribution is 5.29. The van der Waals surface area contributed by atoms with Crippen LogP contribution in [0.25, 0.3) is 0 Å². The predicted octanol–water partition coefficient (Wildman–Crippen LogP) is 2.76. The van der Waals surface area contributed by atoms with Crippen LogP contribution in [0.2, 0.25) is 0 Å². The minimum Gasteiger partial charge on any atom is -0.271 e. The zero-order chi connectivity index (χ0) is 12.3. The molecule has 0 unspecified atom stereocenters. The van der Waals surface area contributed by atoms with Crippen LogP contribution in [0, 0.1) is 5.82 Å². The molecule has 90 valence electrons. The fraction of sp³-hybridized carbons (Fsp3) is 0.400. The zero-order valence-electron chi connectivity index (χ0n) is 8.61. The van der Waals surface area contributed by atoms with Crippen LogP contribution in [0.5, 0.6) is 0 Å². The molecule has 2 nitrogen and oxygen atoms in total. The van der Waals surface area contributed by atoms with Gasteiger partial charge in [0, 0.05) is 6.04 Å². The first kappa shape index (κ1) is 12.9. The second-order valence-electron chi connectivity index (χ2n) is 3.36. The summed E-state index contributed by atoms with van der Waals surface area (Å²) in [6, 6.07) is 2.46. The van der Waals surface area contributed by atoms with E-state index >= 15 is 0 Å². The summed E-state index contributed by atoms with van der Waals surface area (Å²) in [5, 5.41) is 0. The third-order valence-corrected chi connectivity index (χ3v) is 2.31. The maximum Gasteiger partial charge on any atom is 0.419 e. The first-order valence-corrected chi connectivity index (χ1v) is 4.73. The van der Waals surface area contributed by atoms with Gasteiger partial charge in [-0.1, -0.05) is 13.0 Å². The molecule has 1 atom stereocenters. The number of nitrogens with two attached hydrogens (primary N) is 1. The number of benzene rings is 1. The second-order valence-corrected chi connectivity index (χ2v) is 3.36. The fourth-order valence-electron chi connectivity index (χ4n) is 1.43. The average Bonchev–Trinajstić information content (AvgIpc) is 2.20. The van der Waals surface area contributed by atoms with Crippen molar-refractivity contribution >= 4 is 0 Å². The maximum absolute atomic E-state index is 13.0.